The number of amides is 2. The molecule has 2 heterocycles. The van der Waals surface area contributed by atoms with E-state index in [1.165, 1.54) is 14.2 Å². The van der Waals surface area contributed by atoms with Crippen molar-refractivity contribution in [3.63, 3.8) is 0 Å². The second kappa shape index (κ2) is 7.49. The van der Waals surface area contributed by atoms with E-state index in [1.54, 1.807) is 21.9 Å². The van der Waals surface area contributed by atoms with Crippen molar-refractivity contribution in [3.8, 4) is 11.5 Å². The van der Waals surface area contributed by atoms with Gasteiger partial charge in [0.2, 0.25) is 11.8 Å². The first-order valence-corrected chi connectivity index (χ1v) is 8.51. The van der Waals surface area contributed by atoms with Gasteiger partial charge in [-0.2, -0.15) is 0 Å². The number of carbonyl (C=O) groups excluding carboxylic acids is 2. The van der Waals surface area contributed by atoms with Crippen LogP contribution in [0.3, 0.4) is 0 Å². The van der Waals surface area contributed by atoms with Crippen LogP contribution in [-0.2, 0) is 14.3 Å². The van der Waals surface area contributed by atoms with Crippen LogP contribution in [0.15, 0.2) is 12.1 Å². The summed E-state index contributed by atoms with van der Waals surface area (Å²) >= 11 is 6.12. The van der Waals surface area contributed by atoms with Crippen molar-refractivity contribution in [2.24, 2.45) is 5.92 Å². The summed E-state index contributed by atoms with van der Waals surface area (Å²) in [4.78, 5) is 28.5. The van der Waals surface area contributed by atoms with Crippen LogP contribution in [0.25, 0.3) is 0 Å². The molecule has 25 heavy (non-hydrogen) atoms. The average molecular weight is 369 g/mol. The highest BCUT2D eigenvalue weighted by Gasteiger charge is 2.38. The third-order valence-electron chi connectivity index (χ3n) is 4.54. The first-order valence-electron chi connectivity index (χ1n) is 8.13. The molecule has 0 saturated carbocycles. The summed E-state index contributed by atoms with van der Waals surface area (Å²) in [5, 5.41) is 0.399. The highest BCUT2D eigenvalue weighted by atomic mass is 35.5. The van der Waals surface area contributed by atoms with Crippen LogP contribution < -0.4 is 14.4 Å². The van der Waals surface area contributed by atoms with Gasteiger partial charge in [0.05, 0.1) is 44.1 Å². The molecular formula is C17H21ClN2O5. The third kappa shape index (κ3) is 3.52. The SMILES string of the molecule is COc1cc(N2CC(C(=O)N3CCOCC3)CC2=O)c(OC)cc1Cl. The molecule has 1 unspecified atom stereocenters. The number of morpholine rings is 1. The second-order valence-electron chi connectivity index (χ2n) is 6.00. The highest BCUT2D eigenvalue weighted by Crippen LogP contribution is 2.40. The molecule has 1 aromatic carbocycles. The van der Waals surface area contributed by atoms with Crippen molar-refractivity contribution in [1.29, 1.82) is 0 Å². The molecule has 0 radical (unpaired) electrons. The van der Waals surface area contributed by atoms with E-state index < -0.39 is 0 Å². The molecule has 2 aliphatic heterocycles. The molecule has 2 aliphatic rings. The Kier molecular flexibility index (Phi) is 5.34. The van der Waals surface area contributed by atoms with Gasteiger partial charge in [-0.05, 0) is 0 Å². The van der Waals surface area contributed by atoms with Gasteiger partial charge >= 0.3 is 0 Å². The predicted molar refractivity (Wildman–Crippen MR) is 92.4 cm³/mol. The number of rotatable bonds is 4. The number of hydrogen-bond donors (Lipinski definition) is 0. The standard InChI is InChI=1S/C17H21ClN2O5/c1-23-14-9-13(15(24-2)8-12(14)18)20-10-11(7-16(20)21)17(22)19-3-5-25-6-4-19/h8-9,11H,3-7,10H2,1-2H3. The van der Waals surface area contributed by atoms with E-state index in [-0.39, 0.29) is 24.2 Å². The number of ether oxygens (including phenoxy) is 3. The topological polar surface area (TPSA) is 68.3 Å². The summed E-state index contributed by atoms with van der Waals surface area (Å²) in [6.07, 6.45) is 0.185. The predicted octanol–water partition coefficient (Wildman–Crippen LogP) is 1.57. The zero-order chi connectivity index (χ0) is 18.0. The molecule has 1 aromatic rings. The van der Waals surface area contributed by atoms with Crippen LogP contribution in [-0.4, -0.2) is 63.8 Å². The number of nitrogens with zero attached hydrogens (tertiary/aromatic N) is 2. The Morgan fingerprint density at radius 1 is 1.20 bits per heavy atom. The number of benzene rings is 1. The number of halogens is 1. The van der Waals surface area contributed by atoms with Crippen molar-refractivity contribution >= 4 is 29.1 Å². The Morgan fingerprint density at radius 3 is 2.52 bits per heavy atom. The monoisotopic (exact) mass is 368 g/mol. The highest BCUT2D eigenvalue weighted by molar-refractivity contribution is 6.32. The van der Waals surface area contributed by atoms with Crippen molar-refractivity contribution in [2.45, 2.75) is 6.42 Å². The largest absolute Gasteiger partial charge is 0.495 e. The molecule has 7 nitrogen and oxygen atoms in total. The lowest BCUT2D eigenvalue weighted by molar-refractivity contribution is -0.139. The van der Waals surface area contributed by atoms with Crippen molar-refractivity contribution in [3.05, 3.63) is 17.2 Å². The Bertz CT molecular complexity index is 675. The van der Waals surface area contributed by atoms with Crippen LogP contribution in [0.1, 0.15) is 6.42 Å². The van der Waals surface area contributed by atoms with Gasteiger partial charge in [-0.25, -0.2) is 0 Å². The Hall–Kier alpha value is -1.99. The van der Waals surface area contributed by atoms with E-state index >= 15 is 0 Å². The third-order valence-corrected chi connectivity index (χ3v) is 4.84. The van der Waals surface area contributed by atoms with Crippen molar-refractivity contribution in [2.75, 3.05) is 52.0 Å². The molecule has 2 fully saturated rings. The molecular weight excluding hydrogens is 348 g/mol. The minimum Gasteiger partial charge on any atom is -0.495 e. The number of anilines is 1. The summed E-state index contributed by atoms with van der Waals surface area (Å²) in [6, 6.07) is 3.28. The van der Waals surface area contributed by atoms with Gasteiger partial charge in [-0.3, -0.25) is 9.59 Å². The quantitative estimate of drug-likeness (QED) is 0.807. The maximum Gasteiger partial charge on any atom is 0.228 e. The van der Waals surface area contributed by atoms with Gasteiger partial charge < -0.3 is 24.0 Å². The van der Waals surface area contributed by atoms with E-state index in [0.717, 1.165) is 0 Å². The Labute approximate surface area is 151 Å². The molecule has 0 N–H and O–H groups in total. The summed E-state index contributed by atoms with van der Waals surface area (Å²) in [5.41, 5.74) is 0.561. The lowest BCUT2D eigenvalue weighted by Gasteiger charge is -2.29. The van der Waals surface area contributed by atoms with Gasteiger partial charge in [-0.1, -0.05) is 11.6 Å². The van der Waals surface area contributed by atoms with Crippen molar-refractivity contribution in [1.82, 2.24) is 4.90 Å². The van der Waals surface area contributed by atoms with Crippen molar-refractivity contribution < 1.29 is 23.8 Å². The van der Waals surface area contributed by atoms with E-state index in [9.17, 15) is 9.59 Å². The van der Waals surface area contributed by atoms with Gasteiger partial charge in [-0.15, -0.1) is 0 Å². The Morgan fingerprint density at radius 2 is 1.88 bits per heavy atom. The number of carbonyl (C=O) groups is 2. The van der Waals surface area contributed by atoms with Crippen LogP contribution >= 0.6 is 11.6 Å². The van der Waals surface area contributed by atoms with E-state index in [0.29, 0.717) is 55.1 Å². The zero-order valence-corrected chi connectivity index (χ0v) is 15.0. The average Bonchev–Trinajstić information content (AvgIpc) is 3.03. The fraction of sp³-hybridized carbons (Fsp3) is 0.529. The Balaban J connectivity index is 1.82. The van der Waals surface area contributed by atoms with E-state index in [4.69, 9.17) is 25.8 Å². The molecule has 136 valence electrons. The minimum absolute atomic E-state index is 0.000884. The molecule has 0 aliphatic carbocycles. The molecule has 0 spiro atoms. The smallest absolute Gasteiger partial charge is 0.228 e. The minimum atomic E-state index is -0.364. The summed E-state index contributed by atoms with van der Waals surface area (Å²) in [6.45, 7) is 2.54. The molecule has 0 bridgehead atoms. The van der Waals surface area contributed by atoms with Crippen LogP contribution in [0.5, 0.6) is 11.5 Å². The lowest BCUT2D eigenvalue weighted by Crippen LogP contribution is -2.44. The summed E-state index contributed by atoms with van der Waals surface area (Å²) < 4.78 is 15.9. The maximum absolute atomic E-state index is 12.7. The van der Waals surface area contributed by atoms with Gasteiger partial charge in [0.25, 0.3) is 0 Å². The molecule has 2 saturated heterocycles. The number of methoxy groups -OCH3 is 2. The van der Waals surface area contributed by atoms with E-state index in [1.807, 2.05) is 0 Å². The molecule has 1 atom stereocenters. The molecule has 2 amide bonds. The molecule has 8 heteroatoms. The van der Waals surface area contributed by atoms with Crippen LogP contribution in [0, 0.1) is 5.92 Å². The zero-order valence-electron chi connectivity index (χ0n) is 14.3. The van der Waals surface area contributed by atoms with Gasteiger partial charge in [0.15, 0.2) is 0 Å². The lowest BCUT2D eigenvalue weighted by atomic mass is 10.1. The first-order chi connectivity index (χ1) is 12.0. The van der Waals surface area contributed by atoms with Crippen LogP contribution in [0.4, 0.5) is 5.69 Å². The fourth-order valence-corrected chi connectivity index (χ4v) is 3.43. The summed E-state index contributed by atoms with van der Waals surface area (Å²) in [7, 11) is 3.02. The molecule has 3 rings (SSSR count). The van der Waals surface area contributed by atoms with Gasteiger partial charge in [0, 0.05) is 38.2 Å². The summed E-state index contributed by atoms with van der Waals surface area (Å²) in [5.74, 6) is 0.442. The second-order valence-corrected chi connectivity index (χ2v) is 6.41. The first kappa shape index (κ1) is 17.8. The molecule has 0 aromatic heterocycles. The van der Waals surface area contributed by atoms with E-state index in [2.05, 4.69) is 0 Å². The fourth-order valence-electron chi connectivity index (χ4n) is 3.20. The van der Waals surface area contributed by atoms with Crippen LogP contribution in [0.2, 0.25) is 5.02 Å². The van der Waals surface area contributed by atoms with Gasteiger partial charge in [0.1, 0.15) is 11.5 Å². The maximum atomic E-state index is 12.7. The normalized spacial score (nSPS) is 20.8. The number of hydrogen-bond acceptors (Lipinski definition) is 5.